The van der Waals surface area contributed by atoms with Gasteiger partial charge in [-0.25, -0.2) is 4.79 Å². The predicted octanol–water partition coefficient (Wildman–Crippen LogP) is 3.35. The first kappa shape index (κ1) is 17.6. The molecule has 1 saturated carbocycles. The van der Waals surface area contributed by atoms with E-state index in [0.717, 1.165) is 24.2 Å². The minimum absolute atomic E-state index is 0.148. The molecule has 1 aliphatic heterocycles. The van der Waals surface area contributed by atoms with Crippen molar-refractivity contribution in [3.63, 3.8) is 0 Å². The zero-order valence-corrected chi connectivity index (χ0v) is 15.2. The summed E-state index contributed by atoms with van der Waals surface area (Å²) in [5.41, 5.74) is -0.325. The molecule has 0 aromatic heterocycles. The second-order valence-corrected chi connectivity index (χ2v) is 7.64. The van der Waals surface area contributed by atoms with Crippen molar-refractivity contribution in [2.45, 2.75) is 45.1 Å². The van der Waals surface area contributed by atoms with Gasteiger partial charge in [0.1, 0.15) is 5.54 Å². The van der Waals surface area contributed by atoms with Crippen molar-refractivity contribution in [1.82, 2.24) is 9.80 Å². The molecule has 5 heteroatoms. The van der Waals surface area contributed by atoms with Crippen LogP contribution in [0.15, 0.2) is 30.3 Å². The molecular weight excluding hydrogens is 316 g/mol. The number of amides is 3. The Hall–Kier alpha value is -2.17. The molecule has 3 unspecified atom stereocenters. The fourth-order valence-electron chi connectivity index (χ4n) is 4.27. The maximum atomic E-state index is 13.1. The summed E-state index contributed by atoms with van der Waals surface area (Å²) in [6.07, 6.45) is 4.15. The number of Topliss-reactive ketones (excluding diaryl/α,β-unsaturated/α-hetero) is 1. The Labute approximate surface area is 149 Å². The molecule has 3 rings (SSSR count). The van der Waals surface area contributed by atoms with Crippen LogP contribution in [0.4, 0.5) is 4.79 Å². The molecular formula is C20H26N2O3. The minimum atomic E-state index is -0.845. The molecule has 2 fully saturated rings. The summed E-state index contributed by atoms with van der Waals surface area (Å²) in [5.74, 6) is 0.266. The van der Waals surface area contributed by atoms with Crippen LogP contribution in [0.2, 0.25) is 0 Å². The summed E-state index contributed by atoms with van der Waals surface area (Å²) in [5, 5.41) is 0. The zero-order chi connectivity index (χ0) is 18.2. The third-order valence-electron chi connectivity index (χ3n) is 6.02. The van der Waals surface area contributed by atoms with Gasteiger partial charge < -0.3 is 4.90 Å². The van der Waals surface area contributed by atoms with Gasteiger partial charge in [0.2, 0.25) is 0 Å². The number of hydrogen-bond acceptors (Lipinski definition) is 3. The van der Waals surface area contributed by atoms with Crippen molar-refractivity contribution >= 4 is 17.7 Å². The molecule has 0 spiro atoms. The fourth-order valence-corrected chi connectivity index (χ4v) is 4.27. The molecule has 3 atom stereocenters. The van der Waals surface area contributed by atoms with E-state index < -0.39 is 5.54 Å². The van der Waals surface area contributed by atoms with Gasteiger partial charge in [-0.1, -0.05) is 50.1 Å². The van der Waals surface area contributed by atoms with Crippen molar-refractivity contribution in [2.75, 3.05) is 13.6 Å². The van der Waals surface area contributed by atoms with Crippen LogP contribution in [0.3, 0.4) is 0 Å². The van der Waals surface area contributed by atoms with Gasteiger partial charge in [0.05, 0.1) is 6.54 Å². The van der Waals surface area contributed by atoms with Crippen molar-refractivity contribution in [3.05, 3.63) is 35.9 Å². The van der Waals surface area contributed by atoms with E-state index in [0.29, 0.717) is 11.5 Å². The quantitative estimate of drug-likeness (QED) is 0.623. The van der Waals surface area contributed by atoms with Crippen LogP contribution in [-0.4, -0.2) is 46.7 Å². The average molecular weight is 342 g/mol. The smallest absolute Gasteiger partial charge is 0.313 e. The van der Waals surface area contributed by atoms with E-state index in [1.54, 1.807) is 36.2 Å². The minimum Gasteiger partial charge on any atom is -0.313 e. The number of likely N-dealkylation sites (N-methyl/N-ethyl adjacent to an activating group) is 1. The molecule has 0 N–H and O–H groups in total. The summed E-state index contributed by atoms with van der Waals surface area (Å²) in [6, 6.07) is 8.44. The molecule has 134 valence electrons. The lowest BCUT2D eigenvalue weighted by Gasteiger charge is -2.40. The van der Waals surface area contributed by atoms with E-state index in [2.05, 4.69) is 6.92 Å². The number of imide groups is 1. The zero-order valence-electron chi connectivity index (χ0n) is 15.2. The van der Waals surface area contributed by atoms with E-state index in [-0.39, 0.29) is 30.2 Å². The van der Waals surface area contributed by atoms with Gasteiger partial charge in [-0.15, -0.1) is 0 Å². The predicted molar refractivity (Wildman–Crippen MR) is 95.2 cm³/mol. The van der Waals surface area contributed by atoms with Crippen LogP contribution in [0, 0.1) is 11.8 Å². The SMILES string of the molecule is CC1CCCC(C2(C)C(=O)N(CC(=O)c3ccccc3)C(=O)N2C)C1. The Morgan fingerprint density at radius 1 is 1.20 bits per heavy atom. The van der Waals surface area contributed by atoms with E-state index >= 15 is 0 Å². The van der Waals surface area contributed by atoms with Gasteiger partial charge in [0.15, 0.2) is 5.78 Å². The normalized spacial score (nSPS) is 30.0. The highest BCUT2D eigenvalue weighted by atomic mass is 16.2. The molecule has 1 saturated heterocycles. The molecule has 0 bridgehead atoms. The van der Waals surface area contributed by atoms with Crippen molar-refractivity contribution in [1.29, 1.82) is 0 Å². The van der Waals surface area contributed by atoms with Gasteiger partial charge in [-0.05, 0) is 31.6 Å². The average Bonchev–Trinajstić information content (AvgIpc) is 2.78. The molecule has 5 nitrogen and oxygen atoms in total. The van der Waals surface area contributed by atoms with Crippen LogP contribution in [-0.2, 0) is 4.79 Å². The maximum Gasteiger partial charge on any atom is 0.327 e. The molecule has 1 heterocycles. The number of urea groups is 1. The first-order valence-corrected chi connectivity index (χ1v) is 9.03. The van der Waals surface area contributed by atoms with Gasteiger partial charge in [0.25, 0.3) is 5.91 Å². The van der Waals surface area contributed by atoms with Gasteiger partial charge in [-0.2, -0.15) is 0 Å². The number of ketones is 1. The molecule has 1 aliphatic carbocycles. The third kappa shape index (κ3) is 2.96. The number of rotatable bonds is 4. The highest BCUT2D eigenvalue weighted by Gasteiger charge is 2.57. The molecule has 2 aliphatic rings. The monoisotopic (exact) mass is 342 g/mol. The Bertz CT molecular complexity index is 687. The Balaban J connectivity index is 1.82. The second-order valence-electron chi connectivity index (χ2n) is 7.64. The molecule has 3 amide bonds. The highest BCUT2D eigenvalue weighted by molar-refractivity contribution is 6.11. The number of carbonyl (C=O) groups is 3. The van der Waals surface area contributed by atoms with Crippen LogP contribution in [0.25, 0.3) is 0 Å². The van der Waals surface area contributed by atoms with E-state index in [1.807, 2.05) is 13.0 Å². The molecule has 0 radical (unpaired) electrons. The lowest BCUT2D eigenvalue weighted by Crippen LogP contribution is -2.52. The topological polar surface area (TPSA) is 57.7 Å². The van der Waals surface area contributed by atoms with E-state index in [1.165, 1.54) is 6.42 Å². The summed E-state index contributed by atoms with van der Waals surface area (Å²) in [6.45, 7) is 3.88. The van der Waals surface area contributed by atoms with Gasteiger partial charge >= 0.3 is 6.03 Å². The number of benzene rings is 1. The first-order chi connectivity index (χ1) is 11.9. The molecule has 25 heavy (non-hydrogen) atoms. The Morgan fingerprint density at radius 3 is 2.52 bits per heavy atom. The number of carbonyl (C=O) groups excluding carboxylic acids is 3. The summed E-state index contributed by atoms with van der Waals surface area (Å²) >= 11 is 0. The van der Waals surface area contributed by atoms with Gasteiger partial charge in [0, 0.05) is 12.6 Å². The van der Waals surface area contributed by atoms with Gasteiger partial charge in [-0.3, -0.25) is 14.5 Å². The standard InChI is InChI=1S/C20H26N2O3/c1-14-8-7-11-16(12-14)20(2)18(24)22(19(25)21(20)3)13-17(23)15-9-5-4-6-10-15/h4-6,9-10,14,16H,7-8,11-13H2,1-3H3. The Kier molecular flexibility index (Phi) is 4.67. The summed E-state index contributed by atoms with van der Waals surface area (Å²) in [7, 11) is 1.69. The van der Waals surface area contributed by atoms with Crippen LogP contribution < -0.4 is 0 Å². The van der Waals surface area contributed by atoms with Crippen molar-refractivity contribution in [2.24, 2.45) is 11.8 Å². The molecule has 1 aromatic rings. The highest BCUT2D eigenvalue weighted by Crippen LogP contribution is 2.42. The third-order valence-corrected chi connectivity index (χ3v) is 6.02. The lowest BCUT2D eigenvalue weighted by molar-refractivity contribution is -0.135. The van der Waals surface area contributed by atoms with E-state index in [4.69, 9.17) is 0 Å². The fraction of sp³-hybridized carbons (Fsp3) is 0.550. The van der Waals surface area contributed by atoms with Crippen molar-refractivity contribution in [3.8, 4) is 0 Å². The maximum absolute atomic E-state index is 13.1. The second kappa shape index (κ2) is 6.62. The number of nitrogens with zero attached hydrogens (tertiary/aromatic N) is 2. The lowest BCUT2D eigenvalue weighted by atomic mass is 9.71. The van der Waals surface area contributed by atoms with Crippen LogP contribution in [0.5, 0.6) is 0 Å². The largest absolute Gasteiger partial charge is 0.327 e. The summed E-state index contributed by atoms with van der Waals surface area (Å²) in [4.78, 5) is 41.0. The van der Waals surface area contributed by atoms with Crippen molar-refractivity contribution < 1.29 is 14.4 Å². The Morgan fingerprint density at radius 2 is 1.88 bits per heavy atom. The van der Waals surface area contributed by atoms with Crippen LogP contribution >= 0.6 is 0 Å². The van der Waals surface area contributed by atoms with Crippen LogP contribution in [0.1, 0.15) is 49.9 Å². The summed E-state index contributed by atoms with van der Waals surface area (Å²) < 4.78 is 0. The molecule has 1 aromatic carbocycles. The van der Waals surface area contributed by atoms with E-state index in [9.17, 15) is 14.4 Å². The number of hydrogen-bond donors (Lipinski definition) is 0. The first-order valence-electron chi connectivity index (χ1n) is 9.03.